The van der Waals surface area contributed by atoms with E-state index < -0.39 is 0 Å². The van der Waals surface area contributed by atoms with Gasteiger partial charge in [0.2, 0.25) is 0 Å². The molecule has 1 aromatic carbocycles. The fourth-order valence-electron chi connectivity index (χ4n) is 2.97. The summed E-state index contributed by atoms with van der Waals surface area (Å²) >= 11 is 7.64. The first-order chi connectivity index (χ1) is 12.6. The van der Waals surface area contributed by atoms with Gasteiger partial charge in [0.15, 0.2) is 0 Å². The van der Waals surface area contributed by atoms with Crippen LogP contribution in [0.1, 0.15) is 33.4 Å². The SMILES string of the molecule is CCOc1ccc(C(=O)N2CCCN(C(=O)c3cccs3)CC2)cc1Cl. The Morgan fingerprint density at radius 2 is 1.85 bits per heavy atom. The van der Waals surface area contributed by atoms with Crippen molar-refractivity contribution in [1.29, 1.82) is 0 Å². The smallest absolute Gasteiger partial charge is 0.263 e. The van der Waals surface area contributed by atoms with Crippen molar-refractivity contribution >= 4 is 34.8 Å². The summed E-state index contributed by atoms with van der Waals surface area (Å²) in [6.45, 7) is 4.74. The lowest BCUT2D eigenvalue weighted by Crippen LogP contribution is -2.37. The molecule has 0 aliphatic carbocycles. The zero-order valence-electron chi connectivity index (χ0n) is 14.6. The molecule has 2 amide bonds. The average molecular weight is 393 g/mol. The lowest BCUT2D eigenvalue weighted by Gasteiger charge is -2.22. The van der Waals surface area contributed by atoms with Crippen LogP contribution >= 0.6 is 22.9 Å². The van der Waals surface area contributed by atoms with E-state index in [1.807, 2.05) is 29.3 Å². The van der Waals surface area contributed by atoms with Gasteiger partial charge in [0.25, 0.3) is 11.8 Å². The van der Waals surface area contributed by atoms with Gasteiger partial charge in [0.05, 0.1) is 16.5 Å². The molecular weight excluding hydrogens is 372 g/mol. The minimum atomic E-state index is -0.0691. The van der Waals surface area contributed by atoms with Crippen molar-refractivity contribution in [2.24, 2.45) is 0 Å². The first kappa shape index (κ1) is 18.7. The van der Waals surface area contributed by atoms with Gasteiger partial charge in [0.1, 0.15) is 5.75 Å². The molecule has 138 valence electrons. The van der Waals surface area contributed by atoms with Crippen molar-refractivity contribution in [3.63, 3.8) is 0 Å². The molecule has 0 bridgehead atoms. The van der Waals surface area contributed by atoms with Crippen LogP contribution in [-0.4, -0.2) is 54.4 Å². The Morgan fingerprint density at radius 1 is 1.12 bits per heavy atom. The third-order valence-corrected chi connectivity index (χ3v) is 5.43. The first-order valence-corrected chi connectivity index (χ1v) is 9.90. The second kappa shape index (κ2) is 8.56. The summed E-state index contributed by atoms with van der Waals surface area (Å²) in [5.41, 5.74) is 0.538. The molecule has 0 radical (unpaired) electrons. The van der Waals surface area contributed by atoms with Gasteiger partial charge < -0.3 is 14.5 Å². The lowest BCUT2D eigenvalue weighted by molar-refractivity contribution is 0.0721. The van der Waals surface area contributed by atoms with Crippen LogP contribution in [0.25, 0.3) is 0 Å². The Labute approximate surface area is 162 Å². The fraction of sp³-hybridized carbons (Fsp3) is 0.368. The van der Waals surface area contributed by atoms with Crippen molar-refractivity contribution in [2.75, 3.05) is 32.8 Å². The van der Waals surface area contributed by atoms with E-state index in [-0.39, 0.29) is 11.8 Å². The van der Waals surface area contributed by atoms with Gasteiger partial charge in [-0.1, -0.05) is 17.7 Å². The summed E-state index contributed by atoms with van der Waals surface area (Å²) in [6.07, 6.45) is 0.758. The number of nitrogens with zero attached hydrogens (tertiary/aromatic N) is 2. The van der Waals surface area contributed by atoms with E-state index in [0.29, 0.717) is 49.1 Å². The first-order valence-electron chi connectivity index (χ1n) is 8.64. The highest BCUT2D eigenvalue weighted by molar-refractivity contribution is 7.12. The largest absolute Gasteiger partial charge is 0.492 e. The number of halogens is 1. The monoisotopic (exact) mass is 392 g/mol. The summed E-state index contributed by atoms with van der Waals surface area (Å²) in [5.74, 6) is 0.549. The van der Waals surface area contributed by atoms with Gasteiger partial charge in [-0.05, 0) is 43.0 Å². The van der Waals surface area contributed by atoms with Gasteiger partial charge in [-0.15, -0.1) is 11.3 Å². The van der Waals surface area contributed by atoms with Crippen molar-refractivity contribution in [2.45, 2.75) is 13.3 Å². The molecule has 1 saturated heterocycles. The highest BCUT2D eigenvalue weighted by Crippen LogP contribution is 2.26. The maximum atomic E-state index is 12.8. The van der Waals surface area contributed by atoms with E-state index in [1.54, 1.807) is 23.1 Å². The molecule has 3 rings (SSSR count). The van der Waals surface area contributed by atoms with E-state index in [1.165, 1.54) is 11.3 Å². The summed E-state index contributed by atoms with van der Waals surface area (Å²) in [4.78, 5) is 29.7. The van der Waals surface area contributed by atoms with Gasteiger partial charge in [-0.3, -0.25) is 9.59 Å². The van der Waals surface area contributed by atoms with Crippen molar-refractivity contribution in [3.8, 4) is 5.75 Å². The number of carbonyl (C=O) groups excluding carboxylic acids is 2. The second-order valence-electron chi connectivity index (χ2n) is 5.99. The molecular formula is C19H21ClN2O3S. The Kier molecular flexibility index (Phi) is 6.16. The molecule has 1 aliphatic rings. The van der Waals surface area contributed by atoms with Gasteiger partial charge in [-0.2, -0.15) is 0 Å². The van der Waals surface area contributed by atoms with Crippen molar-refractivity contribution < 1.29 is 14.3 Å². The van der Waals surface area contributed by atoms with Gasteiger partial charge >= 0.3 is 0 Å². The predicted octanol–water partition coefficient (Wildman–Crippen LogP) is 3.79. The minimum Gasteiger partial charge on any atom is -0.492 e. The molecule has 0 saturated carbocycles. The predicted molar refractivity (Wildman–Crippen MR) is 103 cm³/mol. The molecule has 1 fully saturated rings. The van der Waals surface area contributed by atoms with Crippen LogP contribution in [0.15, 0.2) is 35.7 Å². The van der Waals surface area contributed by atoms with E-state index in [0.717, 1.165) is 11.3 Å². The minimum absolute atomic E-state index is 0.0402. The van der Waals surface area contributed by atoms with Crippen LogP contribution in [0.4, 0.5) is 0 Å². The summed E-state index contributed by atoms with van der Waals surface area (Å²) in [5, 5.41) is 2.33. The average Bonchev–Trinajstić information content (AvgIpc) is 3.07. The van der Waals surface area contributed by atoms with E-state index in [9.17, 15) is 9.59 Å². The molecule has 1 aliphatic heterocycles. The number of thiophene rings is 1. The molecule has 0 unspecified atom stereocenters. The number of ether oxygens (including phenoxy) is 1. The number of benzene rings is 1. The number of rotatable bonds is 4. The summed E-state index contributed by atoms with van der Waals surface area (Å²) in [7, 11) is 0. The van der Waals surface area contributed by atoms with Crippen LogP contribution in [0, 0.1) is 0 Å². The maximum absolute atomic E-state index is 12.8. The van der Waals surface area contributed by atoms with Crippen LogP contribution in [0.2, 0.25) is 5.02 Å². The molecule has 0 N–H and O–H groups in total. The number of hydrogen-bond acceptors (Lipinski definition) is 4. The zero-order chi connectivity index (χ0) is 18.5. The number of carbonyl (C=O) groups is 2. The molecule has 0 atom stereocenters. The normalized spacial score (nSPS) is 14.8. The maximum Gasteiger partial charge on any atom is 0.263 e. The Balaban J connectivity index is 1.66. The van der Waals surface area contributed by atoms with E-state index >= 15 is 0 Å². The molecule has 0 spiro atoms. The van der Waals surface area contributed by atoms with Crippen LogP contribution in [-0.2, 0) is 0 Å². The van der Waals surface area contributed by atoms with E-state index in [2.05, 4.69) is 0 Å². The van der Waals surface area contributed by atoms with Crippen molar-refractivity contribution in [3.05, 3.63) is 51.2 Å². The van der Waals surface area contributed by atoms with Gasteiger partial charge in [0, 0.05) is 31.7 Å². The molecule has 2 heterocycles. The fourth-order valence-corrected chi connectivity index (χ4v) is 3.89. The zero-order valence-corrected chi connectivity index (χ0v) is 16.2. The molecule has 7 heteroatoms. The third kappa shape index (κ3) is 4.19. The number of amides is 2. The second-order valence-corrected chi connectivity index (χ2v) is 7.35. The Morgan fingerprint density at radius 3 is 2.46 bits per heavy atom. The third-order valence-electron chi connectivity index (χ3n) is 4.28. The molecule has 2 aromatic rings. The van der Waals surface area contributed by atoms with Crippen LogP contribution in [0.5, 0.6) is 5.75 Å². The lowest BCUT2D eigenvalue weighted by atomic mass is 10.2. The van der Waals surface area contributed by atoms with Gasteiger partial charge in [-0.25, -0.2) is 0 Å². The van der Waals surface area contributed by atoms with Crippen molar-refractivity contribution in [1.82, 2.24) is 9.80 Å². The molecule has 5 nitrogen and oxygen atoms in total. The highest BCUT2D eigenvalue weighted by Gasteiger charge is 2.24. The molecule has 1 aromatic heterocycles. The van der Waals surface area contributed by atoms with E-state index in [4.69, 9.17) is 16.3 Å². The van der Waals surface area contributed by atoms with Crippen LogP contribution < -0.4 is 4.74 Å². The Hall–Kier alpha value is -2.05. The Bertz CT molecular complexity index is 779. The topological polar surface area (TPSA) is 49.9 Å². The standard InChI is InChI=1S/C19H21ClN2O3S/c1-2-25-16-7-6-14(13-15(16)20)18(23)21-8-4-9-22(11-10-21)19(24)17-5-3-12-26-17/h3,5-7,12-13H,2,4,8-11H2,1H3. The number of hydrogen-bond donors (Lipinski definition) is 0. The molecule has 26 heavy (non-hydrogen) atoms. The summed E-state index contributed by atoms with van der Waals surface area (Å²) in [6, 6.07) is 8.82. The highest BCUT2D eigenvalue weighted by atomic mass is 35.5. The van der Waals surface area contributed by atoms with Crippen LogP contribution in [0.3, 0.4) is 0 Å². The summed E-state index contributed by atoms with van der Waals surface area (Å²) < 4.78 is 5.41. The quantitative estimate of drug-likeness (QED) is 0.795.